The van der Waals surface area contributed by atoms with Crippen molar-refractivity contribution in [1.82, 2.24) is 20.5 Å². The van der Waals surface area contributed by atoms with Crippen molar-refractivity contribution >= 4 is 16.8 Å². The van der Waals surface area contributed by atoms with Crippen LogP contribution in [0.15, 0.2) is 30.5 Å². The third-order valence-corrected chi connectivity index (χ3v) is 4.21. The Bertz CT molecular complexity index is 903. The van der Waals surface area contributed by atoms with Crippen LogP contribution < -0.4 is 5.32 Å². The van der Waals surface area contributed by atoms with Gasteiger partial charge in [-0.1, -0.05) is 0 Å². The number of halogens is 1. The van der Waals surface area contributed by atoms with Crippen LogP contribution >= 0.6 is 0 Å². The Morgan fingerprint density at radius 1 is 1.30 bits per heavy atom. The van der Waals surface area contributed by atoms with Gasteiger partial charge in [0.05, 0.1) is 23.3 Å². The number of benzene rings is 1. The number of H-pyrrole nitrogens is 1. The van der Waals surface area contributed by atoms with Crippen molar-refractivity contribution in [3.05, 3.63) is 58.8 Å². The fraction of sp³-hybridized carbons (Fsp3) is 0.235. The van der Waals surface area contributed by atoms with Crippen LogP contribution in [0.4, 0.5) is 4.39 Å². The monoisotopic (exact) mass is 310 g/mol. The molecule has 2 heterocycles. The number of nitrogens with one attached hydrogen (secondary N) is 2. The highest BCUT2D eigenvalue weighted by Gasteiger charge is 2.18. The smallest absolute Gasteiger partial charge is 0.253 e. The van der Waals surface area contributed by atoms with Gasteiger partial charge in [0.2, 0.25) is 0 Å². The van der Waals surface area contributed by atoms with E-state index in [1.165, 1.54) is 29.6 Å². The molecule has 5 nitrogen and oxygen atoms in total. The molecule has 6 heteroatoms. The second-order valence-corrected chi connectivity index (χ2v) is 5.72. The molecule has 0 fully saturated rings. The molecule has 2 aromatic heterocycles. The van der Waals surface area contributed by atoms with E-state index in [2.05, 4.69) is 20.5 Å². The van der Waals surface area contributed by atoms with Crippen LogP contribution in [0.2, 0.25) is 0 Å². The van der Waals surface area contributed by atoms with Gasteiger partial charge in [0.15, 0.2) is 0 Å². The molecule has 0 aliphatic heterocycles. The Morgan fingerprint density at radius 2 is 2.22 bits per heavy atom. The summed E-state index contributed by atoms with van der Waals surface area (Å²) in [7, 11) is 0. The summed E-state index contributed by atoms with van der Waals surface area (Å²) in [6.45, 7) is 0.381. The third kappa shape index (κ3) is 2.56. The molecule has 1 aliphatic rings. The van der Waals surface area contributed by atoms with Crippen LogP contribution in [0.5, 0.6) is 0 Å². The van der Waals surface area contributed by atoms with E-state index in [1.54, 1.807) is 12.1 Å². The zero-order chi connectivity index (χ0) is 15.8. The summed E-state index contributed by atoms with van der Waals surface area (Å²) in [6.07, 6.45) is 4.67. The van der Waals surface area contributed by atoms with Crippen molar-refractivity contribution in [3.8, 4) is 0 Å². The standard InChI is InChI=1S/C17H15FN4O/c18-12-4-5-14-10(7-12)6-11(8-19-14)17(23)20-9-16-13-2-1-3-15(13)21-22-16/h4-8H,1-3,9H2,(H,20,23)(H,21,22). The van der Waals surface area contributed by atoms with Gasteiger partial charge in [-0.2, -0.15) is 5.10 Å². The van der Waals surface area contributed by atoms with Gasteiger partial charge in [-0.05, 0) is 49.1 Å². The molecule has 0 bridgehead atoms. The molecule has 0 spiro atoms. The maximum Gasteiger partial charge on any atom is 0.253 e. The number of carbonyl (C=O) groups excluding carboxylic acids is 1. The summed E-state index contributed by atoms with van der Waals surface area (Å²) in [5, 5.41) is 10.7. The number of aromatic nitrogens is 3. The molecule has 1 amide bonds. The number of rotatable bonds is 3. The minimum absolute atomic E-state index is 0.238. The largest absolute Gasteiger partial charge is 0.346 e. The van der Waals surface area contributed by atoms with E-state index < -0.39 is 0 Å². The number of carbonyl (C=O) groups is 1. The minimum atomic E-state index is -0.344. The Hall–Kier alpha value is -2.76. The van der Waals surface area contributed by atoms with Crippen LogP contribution in [0.3, 0.4) is 0 Å². The molecule has 1 aromatic carbocycles. The van der Waals surface area contributed by atoms with E-state index in [0.29, 0.717) is 23.0 Å². The second-order valence-electron chi connectivity index (χ2n) is 5.72. The van der Waals surface area contributed by atoms with Crippen molar-refractivity contribution in [2.75, 3.05) is 0 Å². The van der Waals surface area contributed by atoms with Crippen molar-refractivity contribution in [2.24, 2.45) is 0 Å². The Balaban J connectivity index is 1.52. The fourth-order valence-electron chi connectivity index (χ4n) is 3.03. The zero-order valence-corrected chi connectivity index (χ0v) is 12.4. The number of aromatic amines is 1. The lowest BCUT2D eigenvalue weighted by Crippen LogP contribution is -2.23. The van der Waals surface area contributed by atoms with Gasteiger partial charge >= 0.3 is 0 Å². The minimum Gasteiger partial charge on any atom is -0.346 e. The highest BCUT2D eigenvalue weighted by molar-refractivity contribution is 5.97. The molecule has 116 valence electrons. The lowest BCUT2D eigenvalue weighted by Gasteiger charge is -2.05. The number of amides is 1. The van der Waals surface area contributed by atoms with Crippen molar-refractivity contribution in [1.29, 1.82) is 0 Å². The molecule has 0 radical (unpaired) electrons. The first-order valence-electron chi connectivity index (χ1n) is 7.59. The normalized spacial score (nSPS) is 13.3. The summed E-state index contributed by atoms with van der Waals surface area (Å²) in [5.74, 6) is -0.581. The Morgan fingerprint density at radius 3 is 3.13 bits per heavy atom. The molecular formula is C17H15FN4O. The molecule has 23 heavy (non-hydrogen) atoms. The summed E-state index contributed by atoms with van der Waals surface area (Å²) >= 11 is 0. The molecule has 2 N–H and O–H groups in total. The molecule has 1 aliphatic carbocycles. The summed E-state index contributed by atoms with van der Waals surface area (Å²) in [5.41, 5.74) is 4.37. The average Bonchev–Trinajstić information content (AvgIpc) is 3.15. The molecule has 0 atom stereocenters. The summed E-state index contributed by atoms with van der Waals surface area (Å²) < 4.78 is 13.3. The van der Waals surface area contributed by atoms with Gasteiger partial charge in [0.25, 0.3) is 5.91 Å². The van der Waals surface area contributed by atoms with Crippen LogP contribution in [0.25, 0.3) is 10.9 Å². The lowest BCUT2D eigenvalue weighted by atomic mass is 10.1. The lowest BCUT2D eigenvalue weighted by molar-refractivity contribution is 0.0950. The summed E-state index contributed by atoms with van der Waals surface area (Å²) in [6, 6.07) is 5.97. The average molecular weight is 310 g/mol. The van der Waals surface area contributed by atoms with Gasteiger partial charge < -0.3 is 5.32 Å². The topological polar surface area (TPSA) is 70.7 Å². The van der Waals surface area contributed by atoms with Gasteiger partial charge in [-0.3, -0.25) is 14.9 Å². The van der Waals surface area contributed by atoms with Crippen LogP contribution in [0.1, 0.15) is 33.7 Å². The van der Waals surface area contributed by atoms with Crippen molar-refractivity contribution < 1.29 is 9.18 Å². The molecule has 3 aromatic rings. The van der Waals surface area contributed by atoms with E-state index in [0.717, 1.165) is 25.0 Å². The van der Waals surface area contributed by atoms with Gasteiger partial charge in [0.1, 0.15) is 5.82 Å². The Labute approximate surface area is 131 Å². The molecule has 0 unspecified atom stereocenters. The van der Waals surface area contributed by atoms with Crippen molar-refractivity contribution in [2.45, 2.75) is 25.8 Å². The predicted octanol–water partition coefficient (Wildman–Crippen LogP) is 2.52. The van der Waals surface area contributed by atoms with E-state index in [-0.39, 0.29) is 11.7 Å². The highest BCUT2D eigenvalue weighted by Crippen LogP contribution is 2.22. The highest BCUT2D eigenvalue weighted by atomic mass is 19.1. The Kier molecular flexibility index (Phi) is 3.29. The summed E-state index contributed by atoms with van der Waals surface area (Å²) in [4.78, 5) is 16.5. The SMILES string of the molecule is O=C(NCc1n[nH]c2c1CCC2)c1cnc2ccc(F)cc2c1. The van der Waals surface area contributed by atoms with Gasteiger partial charge in [-0.15, -0.1) is 0 Å². The van der Waals surface area contributed by atoms with Gasteiger partial charge in [0, 0.05) is 17.3 Å². The van der Waals surface area contributed by atoms with Crippen LogP contribution in [-0.2, 0) is 19.4 Å². The quantitative estimate of drug-likeness (QED) is 0.781. The number of fused-ring (bicyclic) bond motifs is 2. The molecular weight excluding hydrogens is 295 g/mol. The van der Waals surface area contributed by atoms with E-state index in [9.17, 15) is 9.18 Å². The predicted molar refractivity (Wildman–Crippen MR) is 83.5 cm³/mol. The molecule has 0 saturated heterocycles. The number of hydrogen-bond donors (Lipinski definition) is 2. The fourth-order valence-corrected chi connectivity index (χ4v) is 3.03. The third-order valence-electron chi connectivity index (χ3n) is 4.21. The number of pyridine rings is 1. The first-order chi connectivity index (χ1) is 11.2. The first kappa shape index (κ1) is 13.9. The van der Waals surface area contributed by atoms with E-state index >= 15 is 0 Å². The second kappa shape index (κ2) is 5.46. The maximum absolute atomic E-state index is 13.3. The van der Waals surface area contributed by atoms with Crippen LogP contribution in [-0.4, -0.2) is 21.1 Å². The van der Waals surface area contributed by atoms with Crippen molar-refractivity contribution in [3.63, 3.8) is 0 Å². The molecule has 0 saturated carbocycles. The first-order valence-corrected chi connectivity index (χ1v) is 7.59. The van der Waals surface area contributed by atoms with E-state index in [4.69, 9.17) is 0 Å². The zero-order valence-electron chi connectivity index (χ0n) is 12.4. The van der Waals surface area contributed by atoms with Gasteiger partial charge in [-0.25, -0.2) is 4.39 Å². The molecule has 4 rings (SSSR count). The number of hydrogen-bond acceptors (Lipinski definition) is 3. The number of nitrogens with zero attached hydrogens (tertiary/aromatic N) is 2. The van der Waals surface area contributed by atoms with Crippen LogP contribution in [0, 0.1) is 5.82 Å². The van der Waals surface area contributed by atoms with E-state index in [1.807, 2.05) is 0 Å². The number of aryl methyl sites for hydroxylation is 1. The maximum atomic E-state index is 13.3.